The van der Waals surface area contributed by atoms with Crippen LogP contribution in [0.2, 0.25) is 0 Å². The van der Waals surface area contributed by atoms with Crippen molar-refractivity contribution in [3.05, 3.63) is 23.8 Å². The van der Waals surface area contributed by atoms with Crippen LogP contribution in [0.5, 0.6) is 11.5 Å². The van der Waals surface area contributed by atoms with Gasteiger partial charge in [0.2, 0.25) is 0 Å². The summed E-state index contributed by atoms with van der Waals surface area (Å²) in [6.07, 6.45) is 0.944. The number of carbonyl (C=O) groups is 1. The molecule has 1 aliphatic rings. The molecule has 0 aliphatic carbocycles. The number of carboxylic acids is 1. The third-order valence-electron chi connectivity index (χ3n) is 3.78. The zero-order valence-electron chi connectivity index (χ0n) is 12.7. The molecule has 0 bridgehead atoms. The van der Waals surface area contributed by atoms with E-state index in [4.69, 9.17) is 9.47 Å². The minimum atomic E-state index is -0.793. The van der Waals surface area contributed by atoms with Crippen LogP contribution in [0.25, 0.3) is 0 Å². The molecule has 0 radical (unpaired) electrons. The molecule has 1 aromatic rings. The SMILES string of the molecule is CCN(CC)C(CC(=O)O)c1ccc2c(c1)OCCCO2. The molecule has 0 fully saturated rings. The number of hydrogen-bond donors (Lipinski definition) is 1. The molecule has 2 rings (SSSR count). The van der Waals surface area contributed by atoms with Gasteiger partial charge < -0.3 is 14.6 Å². The van der Waals surface area contributed by atoms with E-state index in [0.717, 1.165) is 30.8 Å². The normalized spacial score (nSPS) is 15.6. The summed E-state index contributed by atoms with van der Waals surface area (Å²) in [6.45, 7) is 6.99. The first-order valence-electron chi connectivity index (χ1n) is 7.51. The fourth-order valence-corrected chi connectivity index (χ4v) is 2.67. The van der Waals surface area contributed by atoms with Crippen molar-refractivity contribution in [2.24, 2.45) is 0 Å². The smallest absolute Gasteiger partial charge is 0.305 e. The summed E-state index contributed by atoms with van der Waals surface area (Å²) in [6, 6.07) is 5.61. The molecule has 1 heterocycles. The second kappa shape index (κ2) is 7.31. The fraction of sp³-hybridized carbons (Fsp3) is 0.562. The average molecular weight is 293 g/mol. The molecule has 5 nitrogen and oxygen atoms in total. The van der Waals surface area contributed by atoms with Gasteiger partial charge in [0.1, 0.15) is 0 Å². The van der Waals surface area contributed by atoms with Gasteiger partial charge >= 0.3 is 5.97 Å². The highest BCUT2D eigenvalue weighted by molar-refractivity contribution is 5.68. The van der Waals surface area contributed by atoms with E-state index in [-0.39, 0.29) is 12.5 Å². The van der Waals surface area contributed by atoms with E-state index in [1.165, 1.54) is 0 Å². The summed E-state index contributed by atoms with van der Waals surface area (Å²) in [5, 5.41) is 9.19. The van der Waals surface area contributed by atoms with Crippen LogP contribution in [0.4, 0.5) is 0 Å². The van der Waals surface area contributed by atoms with Gasteiger partial charge in [0.05, 0.1) is 19.6 Å². The van der Waals surface area contributed by atoms with Crippen LogP contribution >= 0.6 is 0 Å². The second-order valence-corrected chi connectivity index (χ2v) is 5.09. The second-order valence-electron chi connectivity index (χ2n) is 5.09. The molecule has 0 aromatic heterocycles. The first-order chi connectivity index (χ1) is 10.2. The molecule has 0 amide bonds. The Kier molecular flexibility index (Phi) is 5.44. The van der Waals surface area contributed by atoms with Gasteiger partial charge in [-0.25, -0.2) is 0 Å². The lowest BCUT2D eigenvalue weighted by Gasteiger charge is -2.29. The van der Waals surface area contributed by atoms with Crippen molar-refractivity contribution < 1.29 is 19.4 Å². The van der Waals surface area contributed by atoms with Gasteiger partial charge in [-0.15, -0.1) is 0 Å². The summed E-state index contributed by atoms with van der Waals surface area (Å²) in [5.41, 5.74) is 0.963. The zero-order valence-corrected chi connectivity index (χ0v) is 12.7. The number of rotatable bonds is 6. The van der Waals surface area contributed by atoms with E-state index in [1.807, 2.05) is 32.0 Å². The average Bonchev–Trinajstić information content (AvgIpc) is 2.71. The van der Waals surface area contributed by atoms with E-state index in [2.05, 4.69) is 4.90 Å². The predicted molar refractivity (Wildman–Crippen MR) is 80.0 cm³/mol. The van der Waals surface area contributed by atoms with Crippen LogP contribution < -0.4 is 9.47 Å². The van der Waals surface area contributed by atoms with Crippen molar-refractivity contribution >= 4 is 5.97 Å². The number of aliphatic carboxylic acids is 1. The third-order valence-corrected chi connectivity index (χ3v) is 3.78. The molecular weight excluding hydrogens is 270 g/mol. The summed E-state index contributed by atoms with van der Waals surface area (Å²) in [5.74, 6) is 0.663. The highest BCUT2D eigenvalue weighted by Gasteiger charge is 2.23. The van der Waals surface area contributed by atoms with Gasteiger partial charge in [0.15, 0.2) is 11.5 Å². The maximum absolute atomic E-state index is 11.2. The van der Waals surface area contributed by atoms with Crippen molar-refractivity contribution in [1.29, 1.82) is 0 Å². The Hall–Kier alpha value is -1.75. The lowest BCUT2D eigenvalue weighted by atomic mass is 10.0. The molecule has 1 aliphatic heterocycles. The number of carboxylic acid groups (broad SMARTS) is 1. The van der Waals surface area contributed by atoms with Gasteiger partial charge in [-0.3, -0.25) is 9.69 Å². The number of ether oxygens (including phenoxy) is 2. The van der Waals surface area contributed by atoms with E-state index in [9.17, 15) is 9.90 Å². The molecule has 5 heteroatoms. The third kappa shape index (κ3) is 3.88. The van der Waals surface area contributed by atoms with Crippen molar-refractivity contribution in [2.75, 3.05) is 26.3 Å². The maximum atomic E-state index is 11.2. The van der Waals surface area contributed by atoms with Gasteiger partial charge in [-0.1, -0.05) is 19.9 Å². The summed E-state index contributed by atoms with van der Waals surface area (Å²) < 4.78 is 11.3. The summed E-state index contributed by atoms with van der Waals surface area (Å²) in [4.78, 5) is 13.3. The summed E-state index contributed by atoms with van der Waals surface area (Å²) in [7, 11) is 0. The molecule has 21 heavy (non-hydrogen) atoms. The minimum Gasteiger partial charge on any atom is -0.490 e. The molecule has 1 unspecified atom stereocenters. The van der Waals surface area contributed by atoms with Crippen molar-refractivity contribution in [1.82, 2.24) is 4.90 Å². The lowest BCUT2D eigenvalue weighted by Crippen LogP contribution is -2.30. The van der Waals surface area contributed by atoms with Crippen LogP contribution in [0.1, 0.15) is 38.3 Å². The Balaban J connectivity index is 2.30. The molecule has 1 N–H and O–H groups in total. The molecule has 1 aromatic carbocycles. The number of hydrogen-bond acceptors (Lipinski definition) is 4. The fourth-order valence-electron chi connectivity index (χ4n) is 2.67. The Morgan fingerprint density at radius 3 is 2.52 bits per heavy atom. The highest BCUT2D eigenvalue weighted by Crippen LogP contribution is 2.34. The maximum Gasteiger partial charge on any atom is 0.305 e. The standard InChI is InChI=1S/C16H23NO4/c1-3-17(4-2)13(11-16(18)19)12-6-7-14-15(10-12)21-9-5-8-20-14/h6-7,10,13H,3-5,8-9,11H2,1-2H3,(H,18,19). The van der Waals surface area contributed by atoms with E-state index in [1.54, 1.807) is 0 Å². The van der Waals surface area contributed by atoms with Gasteiger partial charge in [-0.05, 0) is 30.8 Å². The highest BCUT2D eigenvalue weighted by atomic mass is 16.5. The molecular formula is C16H23NO4. The predicted octanol–water partition coefficient (Wildman–Crippen LogP) is 2.71. The van der Waals surface area contributed by atoms with E-state index >= 15 is 0 Å². The van der Waals surface area contributed by atoms with Crippen molar-refractivity contribution in [3.63, 3.8) is 0 Å². The Morgan fingerprint density at radius 2 is 1.90 bits per heavy atom. The lowest BCUT2D eigenvalue weighted by molar-refractivity contribution is -0.138. The van der Waals surface area contributed by atoms with E-state index < -0.39 is 5.97 Å². The molecule has 116 valence electrons. The van der Waals surface area contributed by atoms with Crippen molar-refractivity contribution in [2.45, 2.75) is 32.7 Å². The monoisotopic (exact) mass is 293 g/mol. The number of benzene rings is 1. The molecule has 1 atom stereocenters. The zero-order chi connectivity index (χ0) is 15.2. The number of nitrogens with zero attached hydrogens (tertiary/aromatic N) is 1. The molecule has 0 saturated carbocycles. The van der Waals surface area contributed by atoms with Gasteiger partial charge in [0.25, 0.3) is 0 Å². The van der Waals surface area contributed by atoms with Crippen LogP contribution in [-0.2, 0) is 4.79 Å². The van der Waals surface area contributed by atoms with Crippen LogP contribution in [-0.4, -0.2) is 42.3 Å². The minimum absolute atomic E-state index is 0.0846. The topological polar surface area (TPSA) is 59.0 Å². The van der Waals surface area contributed by atoms with Crippen LogP contribution in [0, 0.1) is 0 Å². The Morgan fingerprint density at radius 1 is 1.24 bits per heavy atom. The first kappa shape index (κ1) is 15.6. The summed E-state index contributed by atoms with van der Waals surface area (Å²) >= 11 is 0. The van der Waals surface area contributed by atoms with Crippen LogP contribution in [0.15, 0.2) is 18.2 Å². The molecule has 0 saturated heterocycles. The first-order valence-corrected chi connectivity index (χ1v) is 7.51. The number of fused-ring (bicyclic) bond motifs is 1. The quantitative estimate of drug-likeness (QED) is 0.874. The van der Waals surface area contributed by atoms with Gasteiger partial charge in [-0.2, -0.15) is 0 Å². The Labute approximate surface area is 125 Å². The largest absolute Gasteiger partial charge is 0.490 e. The van der Waals surface area contributed by atoms with E-state index in [0.29, 0.717) is 19.0 Å². The van der Waals surface area contributed by atoms with Crippen molar-refractivity contribution in [3.8, 4) is 11.5 Å². The molecule has 0 spiro atoms. The Bertz CT molecular complexity index is 485. The van der Waals surface area contributed by atoms with Gasteiger partial charge in [0, 0.05) is 12.5 Å². The van der Waals surface area contributed by atoms with Crippen LogP contribution in [0.3, 0.4) is 0 Å².